The molecule has 0 heterocycles. The monoisotopic (exact) mass is 1290 g/mol. The highest BCUT2D eigenvalue weighted by atomic mass is 31.2. The molecule has 0 radical (unpaired) electrons. The molecule has 0 aromatic heterocycles. The van der Waals surface area contributed by atoms with Gasteiger partial charge in [0.1, 0.15) is 19.3 Å². The zero-order valence-electron chi connectivity index (χ0n) is 59.8. The van der Waals surface area contributed by atoms with Crippen LogP contribution in [0.15, 0.2) is 134 Å². The van der Waals surface area contributed by atoms with Gasteiger partial charge in [-0.1, -0.05) is 315 Å². The highest BCUT2D eigenvalue weighted by Crippen LogP contribution is 2.43. The maximum absolute atomic E-state index is 13.7. The summed E-state index contributed by atoms with van der Waals surface area (Å²) < 4.78 is 30.9. The van der Waals surface area contributed by atoms with Crippen LogP contribution in [0.25, 0.3) is 0 Å². The Morgan fingerprint density at radius 3 is 1.05 bits per heavy atom. The minimum Gasteiger partial charge on any atom is -0.456 e. The van der Waals surface area contributed by atoms with E-state index in [0.717, 1.165) is 148 Å². The molecule has 3 unspecified atom stereocenters. The summed E-state index contributed by atoms with van der Waals surface area (Å²) in [5, 5.41) is 3.07. The number of carbonyl (C=O) groups excluding carboxylic acids is 2. The predicted molar refractivity (Wildman–Crippen MR) is 396 cm³/mol. The minimum absolute atomic E-state index is 0.0327. The van der Waals surface area contributed by atoms with Crippen LogP contribution in [0.2, 0.25) is 0 Å². The van der Waals surface area contributed by atoms with Crippen molar-refractivity contribution in [3.63, 3.8) is 0 Å². The number of quaternary nitrogens is 1. The van der Waals surface area contributed by atoms with Crippen molar-refractivity contribution in [3.8, 4) is 0 Å². The molecule has 1 amide bonds. The predicted octanol–water partition coefficient (Wildman–Crippen LogP) is 24.3. The van der Waals surface area contributed by atoms with E-state index in [0.29, 0.717) is 17.4 Å². The lowest BCUT2D eigenvalue weighted by molar-refractivity contribution is -0.870. The number of likely N-dealkylation sites (N-methyl/N-ethyl adjacent to an activating group) is 1. The number of amides is 1. The molecule has 0 fully saturated rings. The van der Waals surface area contributed by atoms with Crippen molar-refractivity contribution in [2.45, 2.75) is 328 Å². The third-order valence-electron chi connectivity index (χ3n) is 16.1. The highest BCUT2D eigenvalue weighted by Gasteiger charge is 2.30. The van der Waals surface area contributed by atoms with E-state index in [4.69, 9.17) is 13.8 Å². The normalized spacial score (nSPS) is 14.2. The van der Waals surface area contributed by atoms with E-state index in [1.165, 1.54) is 135 Å². The zero-order valence-corrected chi connectivity index (χ0v) is 60.7. The van der Waals surface area contributed by atoms with Gasteiger partial charge < -0.3 is 19.4 Å². The Morgan fingerprint density at radius 1 is 0.396 bits per heavy atom. The Balaban J connectivity index is 5.07. The Hall–Kier alpha value is -3.85. The maximum atomic E-state index is 13.7. The molecule has 0 spiro atoms. The van der Waals surface area contributed by atoms with Gasteiger partial charge in [0.2, 0.25) is 5.91 Å². The van der Waals surface area contributed by atoms with Gasteiger partial charge in [-0.25, -0.2) is 4.57 Å². The third-order valence-corrected chi connectivity index (χ3v) is 17.1. The molecular formula is C81H142N2O7P+. The van der Waals surface area contributed by atoms with Gasteiger partial charge >= 0.3 is 13.8 Å². The third kappa shape index (κ3) is 70.3. The Labute approximate surface area is 562 Å². The average Bonchev–Trinajstić information content (AvgIpc) is 3.45. The molecule has 0 aliphatic carbocycles. The molecule has 9 nitrogen and oxygen atoms in total. The summed E-state index contributed by atoms with van der Waals surface area (Å²) in [5.74, 6) is -0.515. The van der Waals surface area contributed by atoms with Crippen molar-refractivity contribution in [2.75, 3.05) is 40.9 Å². The van der Waals surface area contributed by atoms with Gasteiger partial charge in [-0.2, -0.15) is 0 Å². The van der Waals surface area contributed by atoms with Crippen LogP contribution < -0.4 is 5.32 Å². The highest BCUT2D eigenvalue weighted by molar-refractivity contribution is 7.47. The number of phosphoric ester groups is 1. The summed E-state index contributed by atoms with van der Waals surface area (Å²) in [4.78, 5) is 38.0. The second kappa shape index (κ2) is 69.0. The van der Waals surface area contributed by atoms with Crippen LogP contribution in [-0.2, 0) is 27.9 Å². The number of nitrogens with zero attached hydrogens (tertiary/aromatic N) is 1. The molecule has 10 heteroatoms. The number of esters is 1. The number of nitrogens with one attached hydrogen (secondary N) is 1. The molecule has 0 aromatic rings. The largest absolute Gasteiger partial charge is 0.472 e. The van der Waals surface area contributed by atoms with Crippen LogP contribution in [-0.4, -0.2) is 74.3 Å². The summed E-state index contributed by atoms with van der Waals surface area (Å²) >= 11 is 0. The fourth-order valence-corrected chi connectivity index (χ4v) is 11.1. The zero-order chi connectivity index (χ0) is 66.3. The van der Waals surface area contributed by atoms with Crippen LogP contribution in [0.5, 0.6) is 0 Å². The second-order valence-electron chi connectivity index (χ2n) is 26.1. The van der Waals surface area contributed by atoms with E-state index >= 15 is 0 Å². The fraction of sp³-hybridized carbons (Fsp3) is 0.704. The molecule has 3 atom stereocenters. The van der Waals surface area contributed by atoms with E-state index in [1.54, 1.807) is 0 Å². The van der Waals surface area contributed by atoms with Crippen LogP contribution >= 0.6 is 7.82 Å². The Morgan fingerprint density at radius 2 is 0.703 bits per heavy atom. The molecule has 0 rings (SSSR count). The molecule has 91 heavy (non-hydrogen) atoms. The standard InChI is InChI=1S/C81H141N2O7P/c1-7-10-13-16-19-22-25-28-30-32-34-36-38-40-41-43-44-46-48-50-52-55-58-61-64-67-70-73-80(84)82-78(77-89-91(86,87)88-76-75-83(4,5)6)79(72-69-66-63-60-57-54-27-24-21-18-15-12-9-3)90-81(85)74-71-68-65-62-59-56-53-51-49-47-45-42-39-37-35-33-31-29-26-23-20-17-14-11-8-2/h10-11,13-14,19-20,22-23,28-31,34-37,40-42,45,69,72,78-79H,7-9,12,15-18,21,24-27,32-33,38-39,43-44,46-68,70-71,73-77H2,1-6H3,(H-,82,84,86,87)/p+1/b13-10-,14-11-,22-19-,23-20-,30-28-,31-29-,36-34-,37-35-,41-40-,45-42-,72-69+. The van der Waals surface area contributed by atoms with E-state index in [9.17, 15) is 19.0 Å². The number of phosphoric acid groups is 1. The lowest BCUT2D eigenvalue weighted by atomic mass is 10.0. The molecule has 0 aliphatic rings. The molecule has 0 bridgehead atoms. The lowest BCUT2D eigenvalue weighted by Gasteiger charge is -2.27. The van der Waals surface area contributed by atoms with Crippen molar-refractivity contribution in [2.24, 2.45) is 0 Å². The Bertz CT molecular complexity index is 2020. The van der Waals surface area contributed by atoms with Crippen molar-refractivity contribution >= 4 is 19.7 Å². The SMILES string of the molecule is CC/C=C\C/C=C\C/C=C\C/C=C\C/C=C\CCCCCCCCCCCCCC(=O)NC(COP(=O)(O)OCC[N+](C)(C)C)C(/C=C/CCCCCCCCCCCCC)OC(=O)CCCCCCCCCCC/C=C\C/C=C\C/C=C\C/C=C\C/C=C\CC. The lowest BCUT2D eigenvalue weighted by Crippen LogP contribution is -2.47. The van der Waals surface area contributed by atoms with Gasteiger partial charge in [-0.3, -0.25) is 18.6 Å². The van der Waals surface area contributed by atoms with Crippen LogP contribution in [0.3, 0.4) is 0 Å². The molecule has 0 saturated carbocycles. The first-order valence-electron chi connectivity index (χ1n) is 37.5. The van der Waals surface area contributed by atoms with Crippen molar-refractivity contribution in [1.29, 1.82) is 0 Å². The smallest absolute Gasteiger partial charge is 0.456 e. The van der Waals surface area contributed by atoms with Crippen molar-refractivity contribution in [1.82, 2.24) is 5.32 Å². The van der Waals surface area contributed by atoms with Crippen LogP contribution in [0.4, 0.5) is 0 Å². The Kier molecular flexibility index (Phi) is 66.1. The number of ether oxygens (including phenoxy) is 1. The molecule has 0 aliphatic heterocycles. The van der Waals surface area contributed by atoms with E-state index < -0.39 is 20.0 Å². The summed E-state index contributed by atoms with van der Waals surface area (Å²) in [6.07, 6.45) is 98.9. The molecule has 2 N–H and O–H groups in total. The summed E-state index contributed by atoms with van der Waals surface area (Å²) in [5.41, 5.74) is 0. The van der Waals surface area contributed by atoms with Crippen molar-refractivity contribution < 1.29 is 37.3 Å². The number of unbranched alkanes of at least 4 members (excludes halogenated alkanes) is 31. The summed E-state index contributed by atoms with van der Waals surface area (Å²) in [6.45, 7) is 6.80. The first-order valence-corrected chi connectivity index (χ1v) is 39.0. The first-order chi connectivity index (χ1) is 44.4. The minimum atomic E-state index is -4.47. The van der Waals surface area contributed by atoms with Gasteiger partial charge in [0.25, 0.3) is 0 Å². The van der Waals surface area contributed by atoms with Crippen LogP contribution in [0.1, 0.15) is 316 Å². The number of rotatable bonds is 67. The molecule has 0 saturated heterocycles. The van der Waals surface area contributed by atoms with Crippen LogP contribution in [0, 0.1) is 0 Å². The van der Waals surface area contributed by atoms with Gasteiger partial charge in [0.15, 0.2) is 0 Å². The molecule has 0 aromatic carbocycles. The van der Waals surface area contributed by atoms with Gasteiger partial charge in [0, 0.05) is 12.8 Å². The topological polar surface area (TPSA) is 111 Å². The van der Waals surface area contributed by atoms with Gasteiger partial charge in [-0.05, 0) is 122 Å². The van der Waals surface area contributed by atoms with E-state index in [2.05, 4.69) is 148 Å². The number of hydrogen-bond donors (Lipinski definition) is 2. The number of allylic oxidation sites excluding steroid dienone is 21. The van der Waals surface area contributed by atoms with Gasteiger partial charge in [-0.15, -0.1) is 0 Å². The molecule has 522 valence electrons. The maximum Gasteiger partial charge on any atom is 0.472 e. The second-order valence-corrected chi connectivity index (χ2v) is 27.5. The first kappa shape index (κ1) is 87.2. The fourth-order valence-electron chi connectivity index (χ4n) is 10.4. The van der Waals surface area contributed by atoms with Gasteiger partial charge in [0.05, 0.1) is 33.8 Å². The van der Waals surface area contributed by atoms with E-state index in [-0.39, 0.29) is 31.5 Å². The molecular weight excluding hydrogens is 1140 g/mol. The van der Waals surface area contributed by atoms with E-state index in [1.807, 2.05) is 33.3 Å². The summed E-state index contributed by atoms with van der Waals surface area (Å²) in [6, 6.07) is -0.863. The number of carbonyl (C=O) groups is 2. The average molecular weight is 1290 g/mol. The quantitative estimate of drug-likeness (QED) is 0.0205. The van der Waals surface area contributed by atoms with Crippen molar-refractivity contribution in [3.05, 3.63) is 134 Å². The number of hydrogen-bond acceptors (Lipinski definition) is 6. The summed E-state index contributed by atoms with van der Waals surface area (Å²) in [7, 11) is 1.48.